The molecule has 2 aromatic carbocycles. The zero-order valence-electron chi connectivity index (χ0n) is 11.4. The van der Waals surface area contributed by atoms with Crippen LogP contribution in [0.3, 0.4) is 0 Å². The van der Waals surface area contributed by atoms with Gasteiger partial charge in [-0.05, 0) is 35.7 Å². The number of aryl methyl sites for hydroxylation is 1. The molecule has 0 saturated heterocycles. The van der Waals surface area contributed by atoms with E-state index in [0.717, 1.165) is 5.56 Å². The van der Waals surface area contributed by atoms with Crippen LogP contribution < -0.4 is 10.6 Å². The molecule has 2 rings (SSSR count). The van der Waals surface area contributed by atoms with Gasteiger partial charge in [-0.1, -0.05) is 30.3 Å². The Morgan fingerprint density at radius 2 is 1.89 bits per heavy atom. The fourth-order valence-electron chi connectivity index (χ4n) is 2.16. The third-order valence-electron chi connectivity index (χ3n) is 3.31. The zero-order chi connectivity index (χ0) is 13.8. The maximum absolute atomic E-state index is 13.7. The number of nitrogens with two attached hydrogens (primary N) is 1. The van der Waals surface area contributed by atoms with Gasteiger partial charge in [0, 0.05) is 20.1 Å². The van der Waals surface area contributed by atoms with E-state index in [1.165, 1.54) is 17.2 Å². The Kier molecular flexibility index (Phi) is 4.17. The van der Waals surface area contributed by atoms with Gasteiger partial charge in [-0.2, -0.15) is 0 Å². The summed E-state index contributed by atoms with van der Waals surface area (Å²) >= 11 is 0. The summed E-state index contributed by atoms with van der Waals surface area (Å²) in [6.07, 6.45) is 0. The molecule has 0 amide bonds. The van der Waals surface area contributed by atoms with Crippen LogP contribution in [0.15, 0.2) is 42.5 Å². The molecule has 0 aliphatic rings. The number of benzene rings is 2. The molecular weight excluding hydrogens is 239 g/mol. The van der Waals surface area contributed by atoms with Crippen LogP contribution in [0.5, 0.6) is 0 Å². The first-order valence-electron chi connectivity index (χ1n) is 6.36. The Morgan fingerprint density at radius 1 is 1.16 bits per heavy atom. The molecule has 0 saturated carbocycles. The lowest BCUT2D eigenvalue weighted by Crippen LogP contribution is -2.18. The minimum Gasteiger partial charge on any atom is -0.368 e. The third-order valence-corrected chi connectivity index (χ3v) is 3.31. The summed E-state index contributed by atoms with van der Waals surface area (Å²) < 4.78 is 13.7. The summed E-state index contributed by atoms with van der Waals surface area (Å²) in [7, 11) is 1.90. The second-order valence-electron chi connectivity index (χ2n) is 4.77. The van der Waals surface area contributed by atoms with Crippen LogP contribution in [0.2, 0.25) is 0 Å². The molecule has 0 aliphatic carbocycles. The van der Waals surface area contributed by atoms with E-state index in [1.54, 1.807) is 12.1 Å². The highest BCUT2D eigenvalue weighted by Gasteiger charge is 2.08. The van der Waals surface area contributed by atoms with Crippen molar-refractivity contribution >= 4 is 5.69 Å². The Hall–Kier alpha value is -1.87. The van der Waals surface area contributed by atoms with E-state index < -0.39 is 0 Å². The Balaban J connectivity index is 2.19. The van der Waals surface area contributed by atoms with Gasteiger partial charge in [0.1, 0.15) is 5.82 Å². The SMILES string of the molecule is Cc1cc(CN)ccc1CN(C)c1ccccc1F. The van der Waals surface area contributed by atoms with Gasteiger partial charge in [-0.3, -0.25) is 0 Å². The lowest BCUT2D eigenvalue weighted by atomic mass is 10.0. The summed E-state index contributed by atoms with van der Waals surface area (Å²) in [4.78, 5) is 1.92. The summed E-state index contributed by atoms with van der Waals surface area (Å²) in [6, 6.07) is 13.0. The molecule has 0 aliphatic heterocycles. The summed E-state index contributed by atoms with van der Waals surface area (Å²) in [6.45, 7) is 3.28. The van der Waals surface area contributed by atoms with Crippen molar-refractivity contribution < 1.29 is 4.39 Å². The average Bonchev–Trinajstić information content (AvgIpc) is 2.41. The van der Waals surface area contributed by atoms with Crippen molar-refractivity contribution in [2.24, 2.45) is 5.73 Å². The van der Waals surface area contributed by atoms with Crippen LogP contribution in [0.1, 0.15) is 16.7 Å². The number of rotatable bonds is 4. The zero-order valence-corrected chi connectivity index (χ0v) is 11.4. The molecule has 19 heavy (non-hydrogen) atoms. The maximum Gasteiger partial charge on any atom is 0.146 e. The van der Waals surface area contributed by atoms with Gasteiger partial charge in [0.15, 0.2) is 0 Å². The van der Waals surface area contributed by atoms with Crippen LogP contribution >= 0.6 is 0 Å². The normalized spacial score (nSPS) is 10.5. The molecule has 2 aromatic rings. The number of nitrogens with zero attached hydrogens (tertiary/aromatic N) is 1. The minimum atomic E-state index is -0.193. The quantitative estimate of drug-likeness (QED) is 0.912. The molecule has 2 nitrogen and oxygen atoms in total. The first kappa shape index (κ1) is 13.6. The Labute approximate surface area is 113 Å². The highest BCUT2D eigenvalue weighted by Crippen LogP contribution is 2.21. The monoisotopic (exact) mass is 258 g/mol. The van der Waals surface area contributed by atoms with Gasteiger partial charge in [-0.15, -0.1) is 0 Å². The van der Waals surface area contributed by atoms with Gasteiger partial charge in [-0.25, -0.2) is 4.39 Å². The van der Waals surface area contributed by atoms with Gasteiger partial charge >= 0.3 is 0 Å². The van der Waals surface area contributed by atoms with E-state index in [2.05, 4.69) is 19.1 Å². The van der Waals surface area contributed by atoms with Crippen molar-refractivity contribution in [2.75, 3.05) is 11.9 Å². The topological polar surface area (TPSA) is 29.3 Å². The highest BCUT2D eigenvalue weighted by molar-refractivity contribution is 5.48. The Bertz CT molecular complexity index is 566. The number of hydrogen-bond acceptors (Lipinski definition) is 2. The lowest BCUT2D eigenvalue weighted by molar-refractivity contribution is 0.622. The van der Waals surface area contributed by atoms with Crippen LogP contribution in [0, 0.1) is 12.7 Å². The van der Waals surface area contributed by atoms with Crippen molar-refractivity contribution in [3.05, 3.63) is 65.0 Å². The van der Waals surface area contributed by atoms with E-state index in [1.807, 2.05) is 24.1 Å². The van der Waals surface area contributed by atoms with Crippen LogP contribution in [-0.2, 0) is 13.1 Å². The average molecular weight is 258 g/mol. The molecule has 0 aromatic heterocycles. The van der Waals surface area contributed by atoms with Gasteiger partial charge in [0.05, 0.1) is 5.69 Å². The predicted octanol–water partition coefficient (Wildman–Crippen LogP) is 3.23. The van der Waals surface area contributed by atoms with Gasteiger partial charge in [0.25, 0.3) is 0 Å². The second-order valence-corrected chi connectivity index (χ2v) is 4.77. The largest absolute Gasteiger partial charge is 0.368 e. The summed E-state index contributed by atoms with van der Waals surface area (Å²) in [5.74, 6) is -0.193. The lowest BCUT2D eigenvalue weighted by Gasteiger charge is -2.21. The molecule has 0 atom stereocenters. The second kappa shape index (κ2) is 5.85. The third kappa shape index (κ3) is 3.12. The van der Waals surface area contributed by atoms with Crippen molar-refractivity contribution in [1.82, 2.24) is 0 Å². The predicted molar refractivity (Wildman–Crippen MR) is 77.6 cm³/mol. The molecule has 0 spiro atoms. The molecule has 2 N–H and O–H groups in total. The highest BCUT2D eigenvalue weighted by atomic mass is 19.1. The minimum absolute atomic E-state index is 0.193. The van der Waals surface area contributed by atoms with E-state index in [0.29, 0.717) is 18.8 Å². The standard InChI is InChI=1S/C16H19FN2/c1-12-9-13(10-18)7-8-14(12)11-19(2)16-6-4-3-5-15(16)17/h3-9H,10-11,18H2,1-2H3. The maximum atomic E-state index is 13.7. The van der Waals surface area contributed by atoms with E-state index in [-0.39, 0.29) is 5.82 Å². The van der Waals surface area contributed by atoms with Crippen molar-refractivity contribution in [3.63, 3.8) is 0 Å². The van der Waals surface area contributed by atoms with Crippen molar-refractivity contribution in [1.29, 1.82) is 0 Å². The van der Waals surface area contributed by atoms with E-state index in [9.17, 15) is 4.39 Å². The summed E-state index contributed by atoms with van der Waals surface area (Å²) in [5.41, 5.74) is 9.73. The first-order chi connectivity index (χ1) is 9.11. The first-order valence-corrected chi connectivity index (χ1v) is 6.36. The molecule has 3 heteroatoms. The number of para-hydroxylation sites is 1. The summed E-state index contributed by atoms with van der Waals surface area (Å²) in [5, 5.41) is 0. The molecule has 0 bridgehead atoms. The molecule has 100 valence electrons. The molecular formula is C16H19FN2. The van der Waals surface area contributed by atoms with Crippen molar-refractivity contribution in [2.45, 2.75) is 20.0 Å². The van der Waals surface area contributed by atoms with E-state index in [4.69, 9.17) is 5.73 Å². The fourth-order valence-corrected chi connectivity index (χ4v) is 2.16. The van der Waals surface area contributed by atoms with Gasteiger partial charge < -0.3 is 10.6 Å². The van der Waals surface area contributed by atoms with Gasteiger partial charge in [0.2, 0.25) is 0 Å². The smallest absolute Gasteiger partial charge is 0.146 e. The number of hydrogen-bond donors (Lipinski definition) is 1. The Morgan fingerprint density at radius 3 is 2.53 bits per heavy atom. The number of halogens is 1. The molecule has 0 unspecified atom stereocenters. The van der Waals surface area contributed by atoms with Crippen LogP contribution in [-0.4, -0.2) is 7.05 Å². The molecule has 0 fully saturated rings. The van der Waals surface area contributed by atoms with Crippen LogP contribution in [0.4, 0.5) is 10.1 Å². The molecule has 0 heterocycles. The molecule has 0 radical (unpaired) electrons. The number of anilines is 1. The van der Waals surface area contributed by atoms with Crippen molar-refractivity contribution in [3.8, 4) is 0 Å². The van der Waals surface area contributed by atoms with E-state index >= 15 is 0 Å². The fraction of sp³-hybridized carbons (Fsp3) is 0.250. The van der Waals surface area contributed by atoms with Crippen LogP contribution in [0.25, 0.3) is 0 Å².